The summed E-state index contributed by atoms with van der Waals surface area (Å²) in [5.74, 6) is 0. The molecule has 0 saturated carbocycles. The fourth-order valence-electron chi connectivity index (χ4n) is 2.30. The molecule has 1 saturated heterocycles. The molecule has 1 aromatic rings. The summed E-state index contributed by atoms with van der Waals surface area (Å²) in [7, 11) is 0. The Morgan fingerprint density at radius 1 is 1.32 bits per heavy atom. The monoisotopic (exact) mass is 263 g/mol. The van der Waals surface area contributed by atoms with E-state index in [9.17, 15) is 4.79 Å². The first-order valence-electron chi connectivity index (χ1n) is 6.71. The summed E-state index contributed by atoms with van der Waals surface area (Å²) in [6.07, 6.45) is 1.75. The first-order valence-corrected chi connectivity index (χ1v) is 6.71. The largest absolute Gasteiger partial charge is 0.381 e. The Balaban J connectivity index is 1.99. The first-order chi connectivity index (χ1) is 9.31. The van der Waals surface area contributed by atoms with Crippen molar-refractivity contribution in [3.05, 3.63) is 30.3 Å². The molecule has 2 amide bonds. The van der Waals surface area contributed by atoms with E-state index in [0.717, 1.165) is 18.5 Å². The Morgan fingerprint density at radius 2 is 2.00 bits per heavy atom. The molecule has 0 unspecified atom stereocenters. The lowest BCUT2D eigenvalue weighted by atomic mass is 10.1. The van der Waals surface area contributed by atoms with Crippen LogP contribution in [0.4, 0.5) is 10.5 Å². The fraction of sp³-hybridized carbons (Fsp3) is 0.500. The smallest absolute Gasteiger partial charge is 0.322 e. The Bertz CT molecular complexity index is 391. The molecule has 0 radical (unpaired) electrons. The normalized spacial score (nSPS) is 16.1. The summed E-state index contributed by atoms with van der Waals surface area (Å²) in [6, 6.07) is 9.62. The summed E-state index contributed by atoms with van der Waals surface area (Å²) in [6.45, 7) is 2.47. The number of nitrogens with two attached hydrogens (primary N) is 1. The van der Waals surface area contributed by atoms with Crippen LogP contribution in [-0.4, -0.2) is 43.3 Å². The number of anilines is 1. The number of hydrogen-bond acceptors (Lipinski definition) is 3. The van der Waals surface area contributed by atoms with Crippen LogP contribution >= 0.6 is 0 Å². The lowest BCUT2D eigenvalue weighted by molar-refractivity contribution is 0.0488. The molecule has 1 heterocycles. The van der Waals surface area contributed by atoms with Crippen molar-refractivity contribution in [2.75, 3.05) is 31.6 Å². The third-order valence-electron chi connectivity index (χ3n) is 3.29. The fourth-order valence-corrected chi connectivity index (χ4v) is 2.30. The number of para-hydroxylation sites is 1. The summed E-state index contributed by atoms with van der Waals surface area (Å²) in [4.78, 5) is 14.1. The molecular formula is C14H21N3O2. The number of nitrogens with zero attached hydrogens (tertiary/aromatic N) is 1. The van der Waals surface area contributed by atoms with Gasteiger partial charge >= 0.3 is 6.03 Å². The molecule has 19 heavy (non-hydrogen) atoms. The van der Waals surface area contributed by atoms with Gasteiger partial charge in [0.15, 0.2) is 0 Å². The second kappa shape index (κ2) is 7.11. The molecule has 1 aliphatic rings. The number of carbonyl (C=O) groups is 1. The highest BCUT2D eigenvalue weighted by atomic mass is 16.5. The van der Waals surface area contributed by atoms with E-state index in [0.29, 0.717) is 26.3 Å². The van der Waals surface area contributed by atoms with Gasteiger partial charge in [-0.1, -0.05) is 18.2 Å². The van der Waals surface area contributed by atoms with Crippen LogP contribution < -0.4 is 11.1 Å². The molecule has 0 atom stereocenters. The van der Waals surface area contributed by atoms with E-state index < -0.39 is 0 Å². The molecule has 104 valence electrons. The third kappa shape index (κ3) is 3.94. The van der Waals surface area contributed by atoms with Gasteiger partial charge < -0.3 is 20.7 Å². The number of amides is 2. The molecule has 0 spiro atoms. The maximum absolute atomic E-state index is 12.3. The molecular weight excluding hydrogens is 242 g/mol. The standard InChI is InChI=1S/C14H21N3O2/c15-8-9-17(13-6-10-19-11-7-13)14(18)16-12-4-2-1-3-5-12/h1-5,13H,6-11,15H2,(H,16,18). The SMILES string of the molecule is NCCN(C(=O)Nc1ccccc1)C1CCOCC1. The number of carbonyl (C=O) groups excluding carboxylic acids is 1. The second-order valence-electron chi connectivity index (χ2n) is 4.62. The summed E-state index contributed by atoms with van der Waals surface area (Å²) < 4.78 is 5.34. The van der Waals surface area contributed by atoms with Crippen molar-refractivity contribution < 1.29 is 9.53 Å². The highest BCUT2D eigenvalue weighted by molar-refractivity contribution is 5.89. The number of hydrogen-bond donors (Lipinski definition) is 2. The Hall–Kier alpha value is -1.59. The van der Waals surface area contributed by atoms with Gasteiger partial charge in [-0.15, -0.1) is 0 Å². The van der Waals surface area contributed by atoms with Crippen LogP contribution in [-0.2, 0) is 4.74 Å². The van der Waals surface area contributed by atoms with Crippen molar-refractivity contribution in [2.24, 2.45) is 5.73 Å². The van der Waals surface area contributed by atoms with Crippen LogP contribution in [0.5, 0.6) is 0 Å². The second-order valence-corrected chi connectivity index (χ2v) is 4.62. The summed E-state index contributed by atoms with van der Waals surface area (Å²) in [5.41, 5.74) is 6.42. The van der Waals surface area contributed by atoms with E-state index in [4.69, 9.17) is 10.5 Å². The van der Waals surface area contributed by atoms with E-state index in [2.05, 4.69) is 5.32 Å². The minimum Gasteiger partial charge on any atom is -0.381 e. The van der Waals surface area contributed by atoms with Gasteiger partial charge in [0.25, 0.3) is 0 Å². The molecule has 0 bridgehead atoms. The van der Waals surface area contributed by atoms with Gasteiger partial charge in [-0.2, -0.15) is 0 Å². The zero-order chi connectivity index (χ0) is 13.5. The predicted octanol–water partition coefficient (Wildman–Crippen LogP) is 1.66. The first kappa shape index (κ1) is 13.8. The molecule has 0 aromatic heterocycles. The van der Waals surface area contributed by atoms with Crippen LogP contribution in [0.3, 0.4) is 0 Å². The molecule has 2 rings (SSSR count). The van der Waals surface area contributed by atoms with Crippen LogP contribution in [0.2, 0.25) is 0 Å². The van der Waals surface area contributed by atoms with Crippen LogP contribution in [0, 0.1) is 0 Å². The molecule has 1 aliphatic heterocycles. The lowest BCUT2D eigenvalue weighted by Gasteiger charge is -2.34. The van der Waals surface area contributed by atoms with Gasteiger partial charge in [0, 0.05) is 38.0 Å². The minimum absolute atomic E-state index is 0.0800. The quantitative estimate of drug-likeness (QED) is 0.868. The van der Waals surface area contributed by atoms with Gasteiger partial charge in [-0.25, -0.2) is 4.79 Å². The van der Waals surface area contributed by atoms with Crippen LogP contribution in [0.25, 0.3) is 0 Å². The average molecular weight is 263 g/mol. The molecule has 1 fully saturated rings. The van der Waals surface area contributed by atoms with Crippen molar-refractivity contribution in [1.29, 1.82) is 0 Å². The van der Waals surface area contributed by atoms with Gasteiger partial charge in [0.1, 0.15) is 0 Å². The van der Waals surface area contributed by atoms with Crippen molar-refractivity contribution in [1.82, 2.24) is 4.90 Å². The van der Waals surface area contributed by atoms with Crippen LogP contribution in [0.15, 0.2) is 30.3 Å². The van der Waals surface area contributed by atoms with E-state index >= 15 is 0 Å². The minimum atomic E-state index is -0.0800. The zero-order valence-electron chi connectivity index (χ0n) is 11.0. The third-order valence-corrected chi connectivity index (χ3v) is 3.29. The highest BCUT2D eigenvalue weighted by Gasteiger charge is 2.25. The van der Waals surface area contributed by atoms with Gasteiger partial charge in [-0.05, 0) is 25.0 Å². The van der Waals surface area contributed by atoms with Crippen LogP contribution in [0.1, 0.15) is 12.8 Å². The van der Waals surface area contributed by atoms with Crippen molar-refractivity contribution in [3.8, 4) is 0 Å². The Labute approximate surface area is 113 Å². The highest BCUT2D eigenvalue weighted by Crippen LogP contribution is 2.16. The average Bonchev–Trinajstić information content (AvgIpc) is 2.46. The molecule has 5 heteroatoms. The topological polar surface area (TPSA) is 67.6 Å². The van der Waals surface area contributed by atoms with Crippen molar-refractivity contribution in [2.45, 2.75) is 18.9 Å². The lowest BCUT2D eigenvalue weighted by Crippen LogP contribution is -2.47. The van der Waals surface area contributed by atoms with E-state index in [1.165, 1.54) is 0 Å². The summed E-state index contributed by atoms with van der Waals surface area (Å²) >= 11 is 0. The number of nitrogens with one attached hydrogen (secondary N) is 1. The number of rotatable bonds is 4. The van der Waals surface area contributed by atoms with Crippen molar-refractivity contribution in [3.63, 3.8) is 0 Å². The molecule has 1 aromatic carbocycles. The maximum atomic E-state index is 12.3. The molecule has 3 N–H and O–H groups in total. The molecule has 0 aliphatic carbocycles. The van der Waals surface area contributed by atoms with Crippen molar-refractivity contribution >= 4 is 11.7 Å². The van der Waals surface area contributed by atoms with E-state index in [1.807, 2.05) is 35.2 Å². The van der Waals surface area contributed by atoms with Gasteiger partial charge in [-0.3, -0.25) is 0 Å². The zero-order valence-corrected chi connectivity index (χ0v) is 11.0. The van der Waals surface area contributed by atoms with Gasteiger partial charge in [0.05, 0.1) is 0 Å². The van der Waals surface area contributed by atoms with E-state index in [1.54, 1.807) is 0 Å². The van der Waals surface area contributed by atoms with Gasteiger partial charge in [0.2, 0.25) is 0 Å². The number of benzene rings is 1. The predicted molar refractivity (Wildman–Crippen MR) is 75.1 cm³/mol. The number of ether oxygens (including phenoxy) is 1. The summed E-state index contributed by atoms with van der Waals surface area (Å²) in [5, 5.41) is 2.91. The Morgan fingerprint density at radius 3 is 2.63 bits per heavy atom. The van der Waals surface area contributed by atoms with E-state index in [-0.39, 0.29) is 12.1 Å². The maximum Gasteiger partial charge on any atom is 0.322 e. The molecule has 5 nitrogen and oxygen atoms in total. The Kier molecular flexibility index (Phi) is 5.18. The number of urea groups is 1.